The van der Waals surface area contributed by atoms with Crippen LogP contribution in [-0.2, 0) is 9.63 Å². The molecule has 5 heteroatoms. The van der Waals surface area contributed by atoms with Crippen molar-refractivity contribution >= 4 is 5.94 Å². The highest BCUT2D eigenvalue weighted by Crippen LogP contribution is 2.17. The third kappa shape index (κ3) is 3.64. The van der Waals surface area contributed by atoms with Gasteiger partial charge in [-0.15, -0.1) is 0 Å². The third-order valence-corrected chi connectivity index (χ3v) is 2.00. The zero-order valence-electron chi connectivity index (χ0n) is 9.49. The number of carbonyl (C=O) groups excluding carboxylic acids is 1. The van der Waals surface area contributed by atoms with Crippen molar-refractivity contribution in [2.24, 2.45) is 0 Å². The van der Waals surface area contributed by atoms with Crippen molar-refractivity contribution in [3.63, 3.8) is 0 Å². The smallest absolute Gasteiger partial charge is 0.149 e. The van der Waals surface area contributed by atoms with Crippen LogP contribution in [0.15, 0.2) is 5.70 Å². The van der Waals surface area contributed by atoms with Crippen LogP contribution in [0.4, 0.5) is 0 Å². The van der Waals surface area contributed by atoms with E-state index in [4.69, 9.17) is 9.94 Å². The van der Waals surface area contributed by atoms with Crippen molar-refractivity contribution < 1.29 is 14.7 Å². The van der Waals surface area contributed by atoms with E-state index in [1.54, 1.807) is 9.96 Å². The van der Waals surface area contributed by atoms with Gasteiger partial charge in [-0.2, -0.15) is 0 Å². The van der Waals surface area contributed by atoms with E-state index in [1.165, 1.54) is 0 Å². The van der Waals surface area contributed by atoms with Crippen molar-refractivity contribution in [1.29, 1.82) is 0 Å². The Morgan fingerprint density at radius 3 is 2.60 bits per heavy atom. The molecule has 1 N–H and O–H groups in total. The lowest BCUT2D eigenvalue weighted by Gasteiger charge is -2.37. The molecule has 0 radical (unpaired) electrons. The second-order valence-corrected chi connectivity index (χ2v) is 4.55. The second kappa shape index (κ2) is 4.77. The first-order chi connectivity index (χ1) is 6.96. The van der Waals surface area contributed by atoms with Gasteiger partial charge < -0.3 is 5.11 Å². The summed E-state index contributed by atoms with van der Waals surface area (Å²) in [6, 6.07) is 0. The van der Waals surface area contributed by atoms with E-state index >= 15 is 0 Å². The predicted octanol–water partition coefficient (Wildman–Crippen LogP) is -0.000600. The molecule has 0 spiro atoms. The van der Waals surface area contributed by atoms with Gasteiger partial charge in [0.2, 0.25) is 0 Å². The molecule has 0 atom stereocenters. The minimum absolute atomic E-state index is 0.0471. The van der Waals surface area contributed by atoms with Crippen LogP contribution in [0.5, 0.6) is 0 Å². The molecule has 0 bridgehead atoms. The monoisotopic (exact) mass is 214 g/mol. The molecule has 0 aromatic heterocycles. The van der Waals surface area contributed by atoms with Gasteiger partial charge in [0.25, 0.3) is 0 Å². The maximum atomic E-state index is 10.7. The molecule has 1 heterocycles. The van der Waals surface area contributed by atoms with E-state index in [1.807, 2.05) is 26.7 Å². The minimum atomic E-state index is -0.330. The Morgan fingerprint density at radius 2 is 2.13 bits per heavy atom. The molecule has 0 unspecified atom stereocenters. The summed E-state index contributed by atoms with van der Waals surface area (Å²) in [6.07, 6.45) is 0. The Balaban J connectivity index is 2.64. The largest absolute Gasteiger partial charge is 0.381 e. The van der Waals surface area contributed by atoms with E-state index in [2.05, 4.69) is 0 Å². The molecule has 0 saturated carbocycles. The molecule has 1 saturated heterocycles. The van der Waals surface area contributed by atoms with Gasteiger partial charge in [0.15, 0.2) is 0 Å². The summed E-state index contributed by atoms with van der Waals surface area (Å²) in [5.41, 5.74) is 0.106. The minimum Gasteiger partial charge on any atom is -0.381 e. The highest BCUT2D eigenvalue weighted by Gasteiger charge is 2.26. The molecule has 86 valence electrons. The fourth-order valence-corrected chi connectivity index (χ4v) is 1.37. The Bertz CT molecular complexity index is 266. The van der Waals surface area contributed by atoms with Gasteiger partial charge >= 0.3 is 0 Å². The lowest BCUT2D eigenvalue weighted by Crippen LogP contribution is -2.47. The lowest BCUT2D eigenvalue weighted by atomic mass is 10.2. The number of hydrogen-bond donors (Lipinski definition) is 1. The number of aliphatic hydroxyl groups is 1. The number of nitrogens with zero attached hydrogens (tertiary/aromatic N) is 2. The Kier molecular flexibility index (Phi) is 3.88. The predicted molar refractivity (Wildman–Crippen MR) is 55.4 cm³/mol. The van der Waals surface area contributed by atoms with Crippen LogP contribution >= 0.6 is 0 Å². The Hall–Kier alpha value is -0.870. The lowest BCUT2D eigenvalue weighted by molar-refractivity contribution is -0.218. The van der Waals surface area contributed by atoms with Crippen molar-refractivity contribution in [1.82, 2.24) is 9.96 Å². The molecule has 1 rings (SSSR count). The highest BCUT2D eigenvalue weighted by atomic mass is 16.7. The molecule has 0 amide bonds. The van der Waals surface area contributed by atoms with Gasteiger partial charge in [0, 0.05) is 6.54 Å². The fraction of sp³-hybridized carbons (Fsp3) is 0.800. The average Bonchev–Trinajstić information content (AvgIpc) is 2.16. The molecular formula is C10H18N2O3. The number of hydroxylamine groups is 2. The number of hydrogen-bond acceptors (Lipinski definition) is 5. The van der Waals surface area contributed by atoms with Crippen LogP contribution in [-0.4, -0.2) is 53.0 Å². The number of aliphatic hydroxyl groups excluding tert-OH is 1. The topological polar surface area (TPSA) is 53.0 Å². The fourth-order valence-electron chi connectivity index (χ4n) is 1.37. The highest BCUT2D eigenvalue weighted by molar-refractivity contribution is 5.52. The van der Waals surface area contributed by atoms with E-state index in [-0.39, 0.29) is 12.3 Å². The molecular weight excluding hydrogens is 196 g/mol. The average molecular weight is 214 g/mol. The summed E-state index contributed by atoms with van der Waals surface area (Å²) in [7, 11) is 0. The molecule has 0 aromatic carbocycles. The maximum Gasteiger partial charge on any atom is 0.149 e. The molecule has 5 nitrogen and oxygen atoms in total. The van der Waals surface area contributed by atoms with Crippen LogP contribution < -0.4 is 0 Å². The summed E-state index contributed by atoms with van der Waals surface area (Å²) in [6.45, 7) is 7.36. The van der Waals surface area contributed by atoms with Crippen molar-refractivity contribution in [3.05, 3.63) is 5.70 Å². The molecule has 1 aliphatic rings. The summed E-state index contributed by atoms with van der Waals surface area (Å²) >= 11 is 0. The van der Waals surface area contributed by atoms with Gasteiger partial charge in [0.05, 0.1) is 25.4 Å². The summed E-state index contributed by atoms with van der Waals surface area (Å²) < 4.78 is 0. The first kappa shape index (κ1) is 12.2. The van der Waals surface area contributed by atoms with Gasteiger partial charge in [-0.3, -0.25) is 9.74 Å². The first-order valence-electron chi connectivity index (χ1n) is 5.00. The molecule has 1 fully saturated rings. The van der Waals surface area contributed by atoms with Crippen molar-refractivity contribution in [2.45, 2.75) is 26.4 Å². The quantitative estimate of drug-likeness (QED) is 0.656. The van der Waals surface area contributed by atoms with Crippen LogP contribution in [0.25, 0.3) is 0 Å². The zero-order chi connectivity index (χ0) is 11.5. The van der Waals surface area contributed by atoms with Gasteiger partial charge in [0.1, 0.15) is 11.6 Å². The van der Waals surface area contributed by atoms with Crippen molar-refractivity contribution in [2.75, 3.05) is 26.4 Å². The summed E-state index contributed by atoms with van der Waals surface area (Å²) in [5.74, 6) is 1.86. The van der Waals surface area contributed by atoms with Crippen molar-refractivity contribution in [3.8, 4) is 0 Å². The SMILES string of the molecule is CC(C)(C)ON1CCN(CO)CC1=C=O. The van der Waals surface area contributed by atoms with E-state index < -0.39 is 0 Å². The Morgan fingerprint density at radius 1 is 1.47 bits per heavy atom. The van der Waals surface area contributed by atoms with Crippen LogP contribution in [0.1, 0.15) is 20.8 Å². The molecule has 0 aromatic rings. The standard InChI is InChI=1S/C10H18N2O3/c1-10(2,3)15-12-5-4-11(8-14)6-9(12)7-13/h14H,4-6,8H2,1-3H3. The third-order valence-electron chi connectivity index (χ3n) is 2.00. The number of rotatable bonds is 2. The van der Waals surface area contributed by atoms with Crippen LogP contribution in [0.2, 0.25) is 0 Å². The van der Waals surface area contributed by atoms with Crippen LogP contribution in [0, 0.1) is 0 Å². The van der Waals surface area contributed by atoms with Gasteiger partial charge in [-0.1, -0.05) is 0 Å². The van der Waals surface area contributed by atoms with E-state index in [9.17, 15) is 4.79 Å². The Labute approximate surface area is 89.9 Å². The maximum absolute atomic E-state index is 10.7. The van der Waals surface area contributed by atoms with E-state index in [0.29, 0.717) is 25.3 Å². The zero-order valence-corrected chi connectivity index (χ0v) is 9.49. The van der Waals surface area contributed by atoms with Gasteiger partial charge in [-0.05, 0) is 20.8 Å². The summed E-state index contributed by atoms with van der Waals surface area (Å²) in [4.78, 5) is 18.1. The normalized spacial score (nSPS) is 19.2. The second-order valence-electron chi connectivity index (χ2n) is 4.55. The summed E-state index contributed by atoms with van der Waals surface area (Å²) in [5, 5.41) is 10.5. The molecule has 15 heavy (non-hydrogen) atoms. The molecule has 1 aliphatic heterocycles. The number of piperazine rings is 1. The van der Waals surface area contributed by atoms with E-state index in [0.717, 1.165) is 0 Å². The van der Waals surface area contributed by atoms with Gasteiger partial charge in [-0.25, -0.2) is 9.86 Å². The van der Waals surface area contributed by atoms with Crippen LogP contribution in [0.3, 0.4) is 0 Å². The first-order valence-corrected chi connectivity index (χ1v) is 5.00. The molecule has 0 aliphatic carbocycles.